The number of amides is 2. The number of ether oxygens (including phenoxy) is 1. The van der Waals surface area contributed by atoms with Crippen molar-refractivity contribution >= 4 is 29.4 Å². The first-order valence-corrected chi connectivity index (χ1v) is 14.3. The molecule has 2 aliphatic heterocycles. The van der Waals surface area contributed by atoms with Crippen molar-refractivity contribution in [3.8, 4) is 5.75 Å². The Hall–Kier alpha value is -3.19. The number of fused-ring (bicyclic) bond motifs is 1. The van der Waals surface area contributed by atoms with E-state index in [1.54, 1.807) is 22.8 Å². The minimum absolute atomic E-state index is 0.0833. The molecule has 14 heteroatoms. The second-order valence-corrected chi connectivity index (χ2v) is 11.9. The normalized spacial score (nSPS) is 25.2. The number of carboxylic acids is 1. The summed E-state index contributed by atoms with van der Waals surface area (Å²) in [4.78, 5) is 42.4. The average molecular weight is 616 g/mol. The first-order chi connectivity index (χ1) is 19.7. The number of likely N-dealkylation sites (tertiary alicyclic amines) is 1. The Morgan fingerprint density at radius 1 is 1.21 bits per heavy atom. The van der Waals surface area contributed by atoms with Crippen molar-refractivity contribution < 1.29 is 37.4 Å². The van der Waals surface area contributed by atoms with Crippen LogP contribution in [0.1, 0.15) is 62.6 Å². The number of aliphatic carboxylic acids is 1. The summed E-state index contributed by atoms with van der Waals surface area (Å²) in [6.45, 7) is 1.75. The van der Waals surface area contributed by atoms with Gasteiger partial charge in [0.05, 0.1) is 23.1 Å². The second kappa shape index (κ2) is 12.2. The standard InChI is InChI=1S/C28H37ClF3N5O5/c1-27(26(40)41)11-4-3-6-17(27)25(39)37-13-10-16-18(29)8-9-21(23(16)20(37)14-36-12-5-7-22(36)38)42-15-19(33)24(35(2)34)28(30,31)32/h8-9,17,20H,3-7,10-15,33-34H2,1-2H3,(H,40,41)/b24-19-/t17-,20+,27-/m0/s1. The number of carbonyl (C=O) groups excluding carboxylic acids is 2. The van der Waals surface area contributed by atoms with Crippen molar-refractivity contribution in [2.75, 3.05) is 33.3 Å². The molecular formula is C28H37ClF3N5O5. The van der Waals surface area contributed by atoms with E-state index in [9.17, 15) is 32.7 Å². The molecule has 1 aromatic carbocycles. The van der Waals surface area contributed by atoms with Crippen LogP contribution in [0.15, 0.2) is 23.5 Å². The number of hydrogen-bond acceptors (Lipinski definition) is 7. The zero-order valence-corrected chi connectivity index (χ0v) is 24.4. The van der Waals surface area contributed by atoms with Gasteiger partial charge in [-0.05, 0) is 50.3 Å². The molecule has 3 atom stereocenters. The van der Waals surface area contributed by atoms with Gasteiger partial charge in [0.2, 0.25) is 11.8 Å². The van der Waals surface area contributed by atoms with Crippen LogP contribution in [0.25, 0.3) is 0 Å². The molecule has 0 spiro atoms. The average Bonchev–Trinajstić information content (AvgIpc) is 3.31. The maximum absolute atomic E-state index is 14.2. The van der Waals surface area contributed by atoms with Crippen molar-refractivity contribution in [1.82, 2.24) is 14.8 Å². The maximum atomic E-state index is 14.2. The van der Waals surface area contributed by atoms with Crippen molar-refractivity contribution in [2.45, 2.75) is 64.1 Å². The van der Waals surface area contributed by atoms with Crippen LogP contribution < -0.4 is 16.3 Å². The summed E-state index contributed by atoms with van der Waals surface area (Å²) in [7, 11) is 1.02. The van der Waals surface area contributed by atoms with Crippen molar-refractivity contribution in [2.24, 2.45) is 22.9 Å². The number of nitrogens with two attached hydrogens (primary N) is 2. The van der Waals surface area contributed by atoms with E-state index in [1.807, 2.05) is 0 Å². The van der Waals surface area contributed by atoms with E-state index in [0.717, 1.165) is 7.05 Å². The minimum atomic E-state index is -4.82. The first kappa shape index (κ1) is 31.7. The van der Waals surface area contributed by atoms with E-state index in [-0.39, 0.29) is 30.7 Å². The SMILES string of the molecule is CN(N)/C(=C(\N)COc1ccc(Cl)c2c1[C@@H](CN1CCCC1=O)N(C(=O)[C@@H]1CCCC[C@]1(C)C(=O)O)CC2)C(F)(F)F. The molecule has 3 aliphatic rings. The van der Waals surface area contributed by atoms with Gasteiger partial charge in [0.15, 0.2) is 5.70 Å². The fourth-order valence-electron chi connectivity index (χ4n) is 6.48. The van der Waals surface area contributed by atoms with E-state index in [2.05, 4.69) is 0 Å². The summed E-state index contributed by atoms with van der Waals surface area (Å²) in [6, 6.07) is 2.30. The molecule has 0 radical (unpaired) electrons. The Kier molecular flexibility index (Phi) is 9.22. The monoisotopic (exact) mass is 615 g/mol. The van der Waals surface area contributed by atoms with Crippen LogP contribution in [0.4, 0.5) is 13.2 Å². The van der Waals surface area contributed by atoms with Crippen molar-refractivity contribution in [1.29, 1.82) is 0 Å². The molecule has 232 valence electrons. The number of benzene rings is 1. The van der Waals surface area contributed by atoms with E-state index in [1.165, 1.54) is 6.07 Å². The topological polar surface area (TPSA) is 142 Å². The predicted molar refractivity (Wildman–Crippen MR) is 148 cm³/mol. The van der Waals surface area contributed by atoms with E-state index in [0.29, 0.717) is 72.6 Å². The van der Waals surface area contributed by atoms with E-state index >= 15 is 0 Å². The molecule has 2 heterocycles. The summed E-state index contributed by atoms with van der Waals surface area (Å²) in [5.74, 6) is 3.32. The third kappa shape index (κ3) is 6.12. The smallest absolute Gasteiger partial charge is 0.434 e. The Bertz CT molecular complexity index is 1270. The van der Waals surface area contributed by atoms with E-state index < -0.39 is 47.5 Å². The van der Waals surface area contributed by atoms with Crippen LogP contribution in [0.2, 0.25) is 5.02 Å². The third-order valence-corrected chi connectivity index (χ3v) is 9.08. The fraction of sp³-hybridized carbons (Fsp3) is 0.607. The number of alkyl halides is 3. The number of allylic oxidation sites excluding steroid dienone is 1. The summed E-state index contributed by atoms with van der Waals surface area (Å²) >= 11 is 6.58. The first-order valence-electron chi connectivity index (χ1n) is 14.0. The van der Waals surface area contributed by atoms with Crippen LogP contribution in [-0.2, 0) is 20.8 Å². The van der Waals surface area contributed by atoms with Gasteiger partial charge >= 0.3 is 12.1 Å². The molecule has 2 fully saturated rings. The predicted octanol–water partition coefficient (Wildman–Crippen LogP) is 3.59. The van der Waals surface area contributed by atoms with Gasteiger partial charge in [-0.25, -0.2) is 5.84 Å². The van der Waals surface area contributed by atoms with Gasteiger partial charge in [-0.3, -0.25) is 14.4 Å². The molecule has 0 bridgehead atoms. The minimum Gasteiger partial charge on any atom is -0.487 e. The Balaban J connectivity index is 1.76. The lowest BCUT2D eigenvalue weighted by molar-refractivity contribution is -0.162. The van der Waals surface area contributed by atoms with E-state index in [4.69, 9.17) is 27.9 Å². The Labute approximate surface area is 247 Å². The largest absolute Gasteiger partial charge is 0.487 e. The highest BCUT2D eigenvalue weighted by molar-refractivity contribution is 6.31. The number of hydrazine groups is 1. The third-order valence-electron chi connectivity index (χ3n) is 8.72. The van der Waals surface area contributed by atoms with Gasteiger partial charge in [-0.1, -0.05) is 24.4 Å². The number of carbonyl (C=O) groups is 3. The number of carboxylic acid groups (broad SMARTS) is 1. The van der Waals surface area contributed by atoms with Crippen LogP contribution >= 0.6 is 11.6 Å². The lowest BCUT2D eigenvalue weighted by Crippen LogP contribution is -2.52. The molecule has 1 saturated heterocycles. The van der Waals surface area contributed by atoms with Crippen molar-refractivity contribution in [3.05, 3.63) is 39.7 Å². The van der Waals surface area contributed by atoms with Gasteiger partial charge in [0.25, 0.3) is 0 Å². The van der Waals surface area contributed by atoms with Gasteiger partial charge in [0.1, 0.15) is 12.4 Å². The van der Waals surface area contributed by atoms with Gasteiger partial charge in [-0.15, -0.1) is 0 Å². The number of rotatable bonds is 8. The highest BCUT2D eigenvalue weighted by atomic mass is 35.5. The quantitative estimate of drug-likeness (QED) is 0.298. The molecule has 1 saturated carbocycles. The Morgan fingerprint density at radius 2 is 1.93 bits per heavy atom. The lowest BCUT2D eigenvalue weighted by Gasteiger charge is -2.45. The molecule has 5 N–H and O–H groups in total. The Morgan fingerprint density at radius 3 is 2.52 bits per heavy atom. The molecule has 10 nitrogen and oxygen atoms in total. The molecular weight excluding hydrogens is 579 g/mol. The number of halogens is 4. The molecule has 0 unspecified atom stereocenters. The van der Waals surface area contributed by atoms with Crippen LogP contribution in [0.3, 0.4) is 0 Å². The fourth-order valence-corrected chi connectivity index (χ4v) is 6.74. The summed E-state index contributed by atoms with van der Waals surface area (Å²) < 4.78 is 46.6. The molecule has 1 aromatic rings. The van der Waals surface area contributed by atoms with Crippen LogP contribution in [0, 0.1) is 11.3 Å². The number of hydrogen-bond donors (Lipinski definition) is 3. The molecule has 1 aliphatic carbocycles. The summed E-state index contributed by atoms with van der Waals surface area (Å²) in [5.41, 5.74) is 3.75. The summed E-state index contributed by atoms with van der Waals surface area (Å²) in [6.07, 6.45) is -1.32. The maximum Gasteiger partial charge on any atom is 0.434 e. The highest BCUT2D eigenvalue weighted by Gasteiger charge is 2.50. The highest BCUT2D eigenvalue weighted by Crippen LogP contribution is 2.46. The molecule has 42 heavy (non-hydrogen) atoms. The molecule has 2 amide bonds. The molecule has 0 aromatic heterocycles. The van der Waals surface area contributed by atoms with Gasteiger partial charge < -0.3 is 30.4 Å². The van der Waals surface area contributed by atoms with Crippen LogP contribution in [-0.4, -0.2) is 77.2 Å². The van der Waals surface area contributed by atoms with Gasteiger partial charge in [0, 0.05) is 43.7 Å². The second-order valence-electron chi connectivity index (χ2n) is 11.5. The van der Waals surface area contributed by atoms with Gasteiger partial charge in [-0.2, -0.15) is 13.2 Å². The van der Waals surface area contributed by atoms with Crippen molar-refractivity contribution in [3.63, 3.8) is 0 Å². The lowest BCUT2D eigenvalue weighted by atomic mass is 9.66. The zero-order chi connectivity index (χ0) is 31.0. The van der Waals surface area contributed by atoms with Crippen LogP contribution in [0.5, 0.6) is 5.75 Å². The number of nitrogens with zero attached hydrogens (tertiary/aromatic N) is 3. The molecule has 4 rings (SSSR count). The zero-order valence-electron chi connectivity index (χ0n) is 23.7. The summed E-state index contributed by atoms with van der Waals surface area (Å²) in [5, 5.41) is 10.8.